The largest absolute Gasteiger partial charge is 0.353 e. The second-order valence-corrected chi connectivity index (χ2v) is 7.87. The summed E-state index contributed by atoms with van der Waals surface area (Å²) >= 11 is 0. The van der Waals surface area contributed by atoms with Crippen LogP contribution in [-0.2, 0) is 0 Å². The lowest BCUT2D eigenvalue weighted by Crippen LogP contribution is -2.47. The summed E-state index contributed by atoms with van der Waals surface area (Å²) < 4.78 is 0. The van der Waals surface area contributed by atoms with E-state index in [2.05, 4.69) is 26.9 Å². The molecule has 0 spiro atoms. The fourth-order valence-electron chi connectivity index (χ4n) is 3.95. The molecular weight excluding hydrogens is 336 g/mol. The third-order valence-electron chi connectivity index (χ3n) is 6.03. The number of pyridine rings is 1. The molecule has 0 bridgehead atoms. The Bertz CT molecular complexity index is 872. The molecule has 2 aromatic heterocycles. The van der Waals surface area contributed by atoms with Crippen molar-refractivity contribution in [2.45, 2.75) is 43.9 Å². The average Bonchev–Trinajstić information content (AvgIpc) is 3.52. The molecule has 3 aliphatic rings. The van der Waals surface area contributed by atoms with Crippen molar-refractivity contribution in [1.29, 1.82) is 5.26 Å². The van der Waals surface area contributed by atoms with Crippen molar-refractivity contribution in [2.24, 2.45) is 0 Å². The van der Waals surface area contributed by atoms with Crippen molar-refractivity contribution >= 4 is 11.6 Å². The first-order valence-electron chi connectivity index (χ1n) is 10.1. The summed E-state index contributed by atoms with van der Waals surface area (Å²) in [4.78, 5) is 18.8. The Balaban J connectivity index is 1.34. The summed E-state index contributed by atoms with van der Waals surface area (Å²) in [5, 5.41) is 9.33. The van der Waals surface area contributed by atoms with E-state index in [1.807, 2.05) is 12.1 Å². The Kier molecular flexibility index (Phi) is 4.16. The van der Waals surface area contributed by atoms with Crippen molar-refractivity contribution in [2.75, 3.05) is 36.0 Å². The minimum absolute atomic E-state index is 0.580. The van der Waals surface area contributed by atoms with Crippen LogP contribution in [0, 0.1) is 11.3 Å². The highest BCUT2D eigenvalue weighted by Gasteiger charge is 2.31. The molecule has 6 nitrogen and oxygen atoms in total. The van der Waals surface area contributed by atoms with Crippen molar-refractivity contribution in [1.82, 2.24) is 15.0 Å². The first-order chi connectivity index (χ1) is 13.3. The SMILES string of the molecule is N#Cc1cccnc1N1CCN(c2cc(C3CCC3)nc(C3CC3)n2)CC1. The summed E-state index contributed by atoms with van der Waals surface area (Å²) in [6, 6.07) is 8.15. The van der Waals surface area contributed by atoms with Gasteiger partial charge in [0.25, 0.3) is 0 Å². The predicted octanol–water partition coefficient (Wildman–Crippen LogP) is 3.21. The molecule has 2 aliphatic carbocycles. The number of piperazine rings is 1. The second kappa shape index (κ2) is 6.80. The molecule has 0 radical (unpaired) electrons. The van der Waals surface area contributed by atoms with Gasteiger partial charge in [0, 0.05) is 56.0 Å². The number of nitriles is 1. The molecular formula is C21H24N6. The van der Waals surface area contributed by atoms with Gasteiger partial charge in [0.15, 0.2) is 0 Å². The van der Waals surface area contributed by atoms with Crippen LogP contribution >= 0.6 is 0 Å². The lowest BCUT2D eigenvalue weighted by atomic mass is 9.83. The third kappa shape index (κ3) is 3.23. The molecule has 3 fully saturated rings. The van der Waals surface area contributed by atoms with E-state index >= 15 is 0 Å². The van der Waals surface area contributed by atoms with Crippen LogP contribution in [-0.4, -0.2) is 41.1 Å². The Hall–Kier alpha value is -2.68. The third-order valence-corrected chi connectivity index (χ3v) is 6.03. The van der Waals surface area contributed by atoms with Gasteiger partial charge in [-0.3, -0.25) is 0 Å². The minimum atomic E-state index is 0.580. The lowest BCUT2D eigenvalue weighted by Gasteiger charge is -2.37. The smallest absolute Gasteiger partial charge is 0.146 e. The van der Waals surface area contributed by atoms with E-state index in [1.54, 1.807) is 6.20 Å². The number of hydrogen-bond donors (Lipinski definition) is 0. The van der Waals surface area contributed by atoms with E-state index in [-0.39, 0.29) is 0 Å². The number of rotatable bonds is 4. The van der Waals surface area contributed by atoms with Crippen molar-refractivity contribution in [3.8, 4) is 6.07 Å². The van der Waals surface area contributed by atoms with Gasteiger partial charge < -0.3 is 9.80 Å². The fourth-order valence-corrected chi connectivity index (χ4v) is 3.95. The Morgan fingerprint density at radius 2 is 1.74 bits per heavy atom. The fraction of sp³-hybridized carbons (Fsp3) is 0.524. The van der Waals surface area contributed by atoms with Crippen molar-refractivity contribution < 1.29 is 0 Å². The van der Waals surface area contributed by atoms with Crippen LogP contribution < -0.4 is 9.80 Å². The first-order valence-corrected chi connectivity index (χ1v) is 10.1. The molecule has 0 amide bonds. The number of nitrogens with zero attached hydrogens (tertiary/aromatic N) is 6. The summed E-state index contributed by atoms with van der Waals surface area (Å²) in [5.74, 6) is 4.17. The Morgan fingerprint density at radius 1 is 0.963 bits per heavy atom. The highest BCUT2D eigenvalue weighted by Crippen LogP contribution is 2.41. The molecule has 1 saturated heterocycles. The van der Waals surface area contributed by atoms with Crippen LogP contribution in [0.1, 0.15) is 61.0 Å². The molecule has 3 heterocycles. The van der Waals surface area contributed by atoms with Crippen LogP contribution in [0.15, 0.2) is 24.4 Å². The predicted molar refractivity (Wildman–Crippen MR) is 104 cm³/mol. The van der Waals surface area contributed by atoms with Crippen LogP contribution in [0.25, 0.3) is 0 Å². The van der Waals surface area contributed by atoms with E-state index in [0.29, 0.717) is 17.4 Å². The number of aromatic nitrogens is 3. The van der Waals surface area contributed by atoms with Gasteiger partial charge in [0.05, 0.1) is 5.56 Å². The molecule has 6 heteroatoms. The Morgan fingerprint density at radius 3 is 2.41 bits per heavy atom. The molecule has 138 valence electrons. The zero-order valence-corrected chi connectivity index (χ0v) is 15.5. The van der Waals surface area contributed by atoms with E-state index in [0.717, 1.165) is 43.6 Å². The van der Waals surface area contributed by atoms with E-state index in [9.17, 15) is 5.26 Å². The monoisotopic (exact) mass is 360 g/mol. The summed E-state index contributed by atoms with van der Waals surface area (Å²) in [6.07, 6.45) is 8.10. The summed E-state index contributed by atoms with van der Waals surface area (Å²) in [5.41, 5.74) is 1.91. The standard InChI is InChI=1S/C21H24N6/c22-14-17-5-2-8-23-21(17)27-11-9-26(10-12-27)19-13-18(15-3-1-4-15)24-20(25-19)16-6-7-16/h2,5,8,13,15-16H,1,3-4,6-7,9-12H2. The maximum Gasteiger partial charge on any atom is 0.146 e. The molecule has 27 heavy (non-hydrogen) atoms. The van der Waals surface area contributed by atoms with Crippen molar-refractivity contribution in [3.63, 3.8) is 0 Å². The van der Waals surface area contributed by atoms with E-state index in [4.69, 9.17) is 9.97 Å². The highest BCUT2D eigenvalue weighted by atomic mass is 15.3. The number of anilines is 2. The maximum absolute atomic E-state index is 9.33. The Labute approximate surface area is 159 Å². The second-order valence-electron chi connectivity index (χ2n) is 7.87. The minimum Gasteiger partial charge on any atom is -0.353 e. The maximum atomic E-state index is 9.33. The van der Waals surface area contributed by atoms with Crippen LogP contribution in [0.4, 0.5) is 11.6 Å². The zero-order valence-electron chi connectivity index (χ0n) is 15.5. The summed E-state index contributed by atoms with van der Waals surface area (Å²) in [7, 11) is 0. The molecule has 2 aromatic rings. The van der Waals surface area contributed by atoms with Gasteiger partial charge in [-0.2, -0.15) is 5.26 Å². The van der Waals surface area contributed by atoms with Gasteiger partial charge in [-0.05, 0) is 37.8 Å². The van der Waals surface area contributed by atoms with Crippen molar-refractivity contribution in [3.05, 3.63) is 41.5 Å². The van der Waals surface area contributed by atoms with Gasteiger partial charge in [0.2, 0.25) is 0 Å². The van der Waals surface area contributed by atoms with Gasteiger partial charge in [0.1, 0.15) is 23.5 Å². The summed E-state index contributed by atoms with van der Waals surface area (Å²) in [6.45, 7) is 3.50. The van der Waals surface area contributed by atoms with E-state index < -0.39 is 0 Å². The molecule has 2 saturated carbocycles. The normalized spacial score (nSPS) is 20.3. The average molecular weight is 360 g/mol. The molecule has 0 N–H and O–H groups in total. The van der Waals surface area contributed by atoms with Gasteiger partial charge >= 0.3 is 0 Å². The van der Waals surface area contributed by atoms with Crippen LogP contribution in [0.5, 0.6) is 0 Å². The van der Waals surface area contributed by atoms with Gasteiger partial charge in [-0.15, -0.1) is 0 Å². The molecule has 5 rings (SSSR count). The molecule has 0 unspecified atom stereocenters. The zero-order chi connectivity index (χ0) is 18.2. The lowest BCUT2D eigenvalue weighted by molar-refractivity contribution is 0.409. The van der Waals surface area contributed by atoms with E-state index in [1.165, 1.54) is 37.8 Å². The van der Waals surface area contributed by atoms with Gasteiger partial charge in [-0.1, -0.05) is 6.42 Å². The topological polar surface area (TPSA) is 68.9 Å². The molecule has 0 atom stereocenters. The van der Waals surface area contributed by atoms with Crippen LogP contribution in [0.2, 0.25) is 0 Å². The quantitative estimate of drug-likeness (QED) is 0.834. The number of hydrogen-bond acceptors (Lipinski definition) is 6. The molecule has 1 aliphatic heterocycles. The highest BCUT2D eigenvalue weighted by molar-refractivity contribution is 5.55. The first kappa shape index (κ1) is 16.5. The van der Waals surface area contributed by atoms with Gasteiger partial charge in [-0.25, -0.2) is 15.0 Å². The molecule has 0 aromatic carbocycles. The van der Waals surface area contributed by atoms with Crippen LogP contribution in [0.3, 0.4) is 0 Å².